The van der Waals surface area contributed by atoms with Gasteiger partial charge in [-0.3, -0.25) is 4.79 Å². The zero-order chi connectivity index (χ0) is 14.5. The van der Waals surface area contributed by atoms with E-state index in [1.54, 1.807) is 0 Å². The molecule has 1 saturated heterocycles. The van der Waals surface area contributed by atoms with E-state index in [4.69, 9.17) is 10.00 Å². The molecule has 0 aromatic rings. The maximum Gasteiger partial charge on any atom is 0.405 e. The number of hydrogen-bond acceptors (Lipinski definition) is 4. The molecule has 1 amide bonds. The molecule has 0 spiro atoms. The lowest BCUT2D eigenvalue weighted by molar-refractivity contribution is -0.159. The van der Waals surface area contributed by atoms with Gasteiger partial charge < -0.3 is 15.0 Å². The second-order valence-corrected chi connectivity index (χ2v) is 4.29. The van der Waals surface area contributed by atoms with Crippen molar-refractivity contribution < 1.29 is 22.7 Å². The first-order valence-electron chi connectivity index (χ1n) is 5.92. The van der Waals surface area contributed by atoms with Crippen LogP contribution in [0.15, 0.2) is 0 Å². The lowest BCUT2D eigenvalue weighted by Gasteiger charge is -2.29. The second kappa shape index (κ2) is 6.73. The summed E-state index contributed by atoms with van der Waals surface area (Å²) in [6.07, 6.45) is -4.58. The summed E-state index contributed by atoms with van der Waals surface area (Å²) in [7, 11) is 0. The van der Waals surface area contributed by atoms with Crippen molar-refractivity contribution >= 4 is 5.91 Å². The van der Waals surface area contributed by atoms with Gasteiger partial charge in [0.15, 0.2) is 5.92 Å². The van der Waals surface area contributed by atoms with Gasteiger partial charge in [-0.15, -0.1) is 0 Å². The number of nitrogens with one attached hydrogen (secondary N) is 1. The van der Waals surface area contributed by atoms with Crippen LogP contribution in [0.5, 0.6) is 0 Å². The monoisotopic (exact) mass is 279 g/mol. The summed E-state index contributed by atoms with van der Waals surface area (Å²) < 4.78 is 42.1. The Morgan fingerprint density at radius 1 is 1.47 bits per heavy atom. The van der Waals surface area contributed by atoms with Gasteiger partial charge in [-0.1, -0.05) is 0 Å². The number of amides is 1. The van der Waals surface area contributed by atoms with Crippen LogP contribution in [0.4, 0.5) is 13.2 Å². The highest BCUT2D eigenvalue weighted by atomic mass is 19.4. The summed E-state index contributed by atoms with van der Waals surface area (Å²) in [4.78, 5) is 13.4. The molecule has 2 unspecified atom stereocenters. The fraction of sp³-hybridized carbons (Fsp3) is 0.818. The third-order valence-corrected chi connectivity index (χ3v) is 2.87. The van der Waals surface area contributed by atoms with E-state index >= 15 is 0 Å². The van der Waals surface area contributed by atoms with Gasteiger partial charge in [-0.2, -0.15) is 18.4 Å². The number of nitrogens with zero attached hydrogens (tertiary/aromatic N) is 2. The molecule has 1 N–H and O–H groups in total. The molecule has 1 heterocycles. The molecule has 1 aliphatic heterocycles. The van der Waals surface area contributed by atoms with Gasteiger partial charge in [0, 0.05) is 19.6 Å². The number of alkyl halides is 3. The number of morpholine rings is 1. The van der Waals surface area contributed by atoms with Crippen LogP contribution in [0.3, 0.4) is 0 Å². The number of carbonyl (C=O) groups is 1. The van der Waals surface area contributed by atoms with E-state index in [9.17, 15) is 18.0 Å². The van der Waals surface area contributed by atoms with E-state index in [1.165, 1.54) is 17.9 Å². The summed E-state index contributed by atoms with van der Waals surface area (Å²) in [5.41, 5.74) is 0. The summed E-state index contributed by atoms with van der Waals surface area (Å²) in [6.45, 7) is 2.64. The van der Waals surface area contributed by atoms with E-state index in [2.05, 4.69) is 5.32 Å². The van der Waals surface area contributed by atoms with Crippen molar-refractivity contribution in [3.8, 4) is 6.07 Å². The highest BCUT2D eigenvalue weighted by molar-refractivity contribution is 5.81. The van der Waals surface area contributed by atoms with Crippen molar-refractivity contribution in [1.29, 1.82) is 5.26 Å². The highest BCUT2D eigenvalue weighted by Crippen LogP contribution is 2.24. The fourth-order valence-electron chi connectivity index (χ4n) is 1.67. The maximum absolute atomic E-state index is 12.4. The van der Waals surface area contributed by atoms with Crippen LogP contribution in [0.1, 0.15) is 6.92 Å². The second-order valence-electron chi connectivity index (χ2n) is 4.29. The summed E-state index contributed by atoms with van der Waals surface area (Å²) in [5.74, 6) is -2.38. The molecule has 8 heteroatoms. The molecule has 2 atom stereocenters. The van der Waals surface area contributed by atoms with Crippen molar-refractivity contribution in [1.82, 2.24) is 10.2 Å². The number of carbonyl (C=O) groups excluding carboxylic acids is 1. The average Bonchev–Trinajstić information content (AvgIpc) is 2.37. The van der Waals surface area contributed by atoms with E-state index < -0.39 is 24.7 Å². The van der Waals surface area contributed by atoms with Gasteiger partial charge in [-0.05, 0) is 6.92 Å². The largest absolute Gasteiger partial charge is 0.405 e. The maximum atomic E-state index is 12.4. The molecule has 0 aromatic heterocycles. The molecular weight excluding hydrogens is 263 g/mol. The van der Waals surface area contributed by atoms with E-state index in [0.717, 1.165) is 0 Å². The van der Waals surface area contributed by atoms with Crippen molar-refractivity contribution in [2.75, 3.05) is 32.8 Å². The van der Waals surface area contributed by atoms with Crippen LogP contribution < -0.4 is 5.32 Å². The van der Waals surface area contributed by atoms with Crippen molar-refractivity contribution in [2.45, 2.75) is 19.1 Å². The minimum absolute atomic E-state index is 0.276. The molecule has 0 saturated carbocycles. The Morgan fingerprint density at radius 3 is 2.53 bits per heavy atom. The number of ether oxygens (including phenoxy) is 1. The zero-order valence-corrected chi connectivity index (χ0v) is 10.5. The molecule has 0 aromatic carbocycles. The lowest BCUT2D eigenvalue weighted by atomic mass is 10.1. The Labute approximate surface area is 109 Å². The van der Waals surface area contributed by atoms with Gasteiger partial charge in [0.05, 0.1) is 25.3 Å². The van der Waals surface area contributed by atoms with Crippen LogP contribution in [0, 0.1) is 17.2 Å². The van der Waals surface area contributed by atoms with Crippen molar-refractivity contribution in [3.63, 3.8) is 0 Å². The summed E-state index contributed by atoms with van der Waals surface area (Å²) in [6, 6.07) is 0.430. The lowest BCUT2D eigenvalue weighted by Crippen LogP contribution is -2.50. The van der Waals surface area contributed by atoms with E-state index in [1.807, 2.05) is 0 Å². The summed E-state index contributed by atoms with van der Waals surface area (Å²) in [5, 5.41) is 10.9. The molecule has 0 bridgehead atoms. The molecule has 19 heavy (non-hydrogen) atoms. The predicted molar refractivity (Wildman–Crippen MR) is 60.0 cm³/mol. The van der Waals surface area contributed by atoms with Crippen LogP contribution in [0.25, 0.3) is 0 Å². The molecular formula is C11H16F3N3O2. The zero-order valence-electron chi connectivity index (χ0n) is 10.5. The Balaban J connectivity index is 2.44. The smallest absolute Gasteiger partial charge is 0.378 e. The minimum atomic E-state index is -4.58. The van der Waals surface area contributed by atoms with Gasteiger partial charge >= 0.3 is 6.18 Å². The van der Waals surface area contributed by atoms with Crippen molar-refractivity contribution in [3.05, 3.63) is 0 Å². The van der Waals surface area contributed by atoms with Crippen LogP contribution in [0.2, 0.25) is 0 Å². The number of rotatable bonds is 4. The molecule has 1 rings (SSSR count). The minimum Gasteiger partial charge on any atom is -0.378 e. The van der Waals surface area contributed by atoms with E-state index in [0.29, 0.717) is 26.3 Å². The standard InChI is InChI=1S/C11H16F3N3O2/c1-8(10(18)17-2-4-19-5-3-17)16-7-9(6-15)11(12,13)14/h8-9,16H,2-5,7H2,1H3. The molecule has 0 radical (unpaired) electrons. The molecule has 1 aliphatic rings. The first-order valence-corrected chi connectivity index (χ1v) is 5.92. The van der Waals surface area contributed by atoms with Crippen molar-refractivity contribution in [2.24, 2.45) is 5.92 Å². The fourth-order valence-corrected chi connectivity index (χ4v) is 1.67. The Bertz CT molecular complexity index is 348. The number of halogens is 3. The third kappa shape index (κ3) is 4.69. The predicted octanol–water partition coefficient (Wildman–Crippen LogP) is 0.525. The van der Waals surface area contributed by atoms with Gasteiger partial charge in [0.1, 0.15) is 0 Å². The van der Waals surface area contributed by atoms with Crippen LogP contribution in [-0.2, 0) is 9.53 Å². The van der Waals surface area contributed by atoms with Gasteiger partial charge in [0.2, 0.25) is 5.91 Å². The number of hydrogen-bond donors (Lipinski definition) is 1. The Kier molecular flexibility index (Phi) is 5.57. The average molecular weight is 279 g/mol. The van der Waals surface area contributed by atoms with Gasteiger partial charge in [-0.25, -0.2) is 0 Å². The Hall–Kier alpha value is -1.33. The normalized spacial score (nSPS) is 19.6. The molecule has 5 nitrogen and oxygen atoms in total. The number of nitriles is 1. The topological polar surface area (TPSA) is 65.4 Å². The molecule has 1 fully saturated rings. The quantitative estimate of drug-likeness (QED) is 0.815. The van der Waals surface area contributed by atoms with Gasteiger partial charge in [0.25, 0.3) is 0 Å². The van der Waals surface area contributed by atoms with E-state index in [-0.39, 0.29) is 5.91 Å². The first kappa shape index (κ1) is 15.7. The first-order chi connectivity index (χ1) is 8.86. The third-order valence-electron chi connectivity index (χ3n) is 2.87. The van der Waals surface area contributed by atoms with Crippen LogP contribution in [-0.4, -0.2) is 55.9 Å². The Morgan fingerprint density at radius 2 is 2.05 bits per heavy atom. The molecule has 0 aliphatic carbocycles. The van der Waals surface area contributed by atoms with Crippen LogP contribution >= 0.6 is 0 Å². The highest BCUT2D eigenvalue weighted by Gasteiger charge is 2.40. The summed E-state index contributed by atoms with van der Waals surface area (Å²) >= 11 is 0. The molecule has 108 valence electrons. The SMILES string of the molecule is CC(NCC(C#N)C(F)(F)F)C(=O)N1CCOCC1.